The lowest BCUT2D eigenvalue weighted by Gasteiger charge is -2.23. The number of piperidine rings is 1. The third kappa shape index (κ3) is 3.65. The van der Waals surface area contributed by atoms with Crippen molar-refractivity contribution < 1.29 is 14.4 Å². The van der Waals surface area contributed by atoms with Gasteiger partial charge in [-0.1, -0.05) is 13.8 Å². The Morgan fingerprint density at radius 3 is 2.73 bits per heavy atom. The number of nitrogens with one attached hydrogen (secondary N) is 3. The van der Waals surface area contributed by atoms with Gasteiger partial charge in [0.15, 0.2) is 0 Å². The Balaban J connectivity index is 2.24. The molecule has 1 atom stereocenters. The van der Waals surface area contributed by atoms with Crippen LogP contribution >= 0.6 is 11.3 Å². The predicted molar refractivity (Wildman–Crippen MR) is 86.2 cm³/mol. The molecule has 2 rings (SSSR count). The zero-order valence-electron chi connectivity index (χ0n) is 13.0. The fraction of sp³-hybridized carbons (Fsp3) is 0.533. The van der Waals surface area contributed by atoms with Gasteiger partial charge in [-0.15, -0.1) is 11.3 Å². The molecule has 22 heavy (non-hydrogen) atoms. The van der Waals surface area contributed by atoms with Crippen LogP contribution in [0.1, 0.15) is 55.5 Å². The van der Waals surface area contributed by atoms with Crippen molar-refractivity contribution in [2.45, 2.75) is 45.6 Å². The summed E-state index contributed by atoms with van der Waals surface area (Å²) in [6.07, 6.45) is 1.48. The highest BCUT2D eigenvalue weighted by Gasteiger charge is 2.27. The Labute approximate surface area is 133 Å². The van der Waals surface area contributed by atoms with E-state index in [2.05, 4.69) is 16.0 Å². The van der Waals surface area contributed by atoms with Gasteiger partial charge in [0.05, 0.1) is 5.56 Å². The van der Waals surface area contributed by atoms with Gasteiger partial charge in [-0.25, -0.2) is 0 Å². The molecule has 1 aromatic heterocycles. The minimum absolute atomic E-state index is 0.151. The summed E-state index contributed by atoms with van der Waals surface area (Å²) in [5.41, 5.74) is 1.34. The van der Waals surface area contributed by atoms with Crippen LogP contribution in [0.4, 0.5) is 5.00 Å². The molecule has 1 fully saturated rings. The smallest absolute Gasteiger partial charge is 0.255 e. The van der Waals surface area contributed by atoms with E-state index in [1.807, 2.05) is 19.2 Å². The highest BCUT2D eigenvalue weighted by Crippen LogP contribution is 2.33. The molecular weight excluding hydrogens is 302 g/mol. The quantitative estimate of drug-likeness (QED) is 0.790. The van der Waals surface area contributed by atoms with E-state index in [0.717, 1.165) is 12.0 Å². The molecule has 1 aliphatic heterocycles. The van der Waals surface area contributed by atoms with Crippen molar-refractivity contribution in [3.05, 3.63) is 16.5 Å². The summed E-state index contributed by atoms with van der Waals surface area (Å²) >= 11 is 1.33. The second-order valence-electron chi connectivity index (χ2n) is 5.69. The number of thiophene rings is 1. The lowest BCUT2D eigenvalue weighted by Crippen LogP contribution is -2.50. The Kier molecular flexibility index (Phi) is 5.18. The van der Waals surface area contributed by atoms with E-state index in [9.17, 15) is 14.4 Å². The van der Waals surface area contributed by atoms with Crippen LogP contribution in [-0.2, 0) is 9.59 Å². The summed E-state index contributed by atoms with van der Waals surface area (Å²) in [5.74, 6) is -0.529. The Hall–Kier alpha value is -1.89. The average molecular weight is 323 g/mol. The zero-order valence-corrected chi connectivity index (χ0v) is 13.8. The first-order valence-corrected chi connectivity index (χ1v) is 8.25. The van der Waals surface area contributed by atoms with Crippen LogP contribution in [0.25, 0.3) is 0 Å². The molecule has 0 radical (unpaired) electrons. The van der Waals surface area contributed by atoms with Gasteiger partial charge in [0.1, 0.15) is 11.0 Å². The van der Waals surface area contributed by atoms with Crippen LogP contribution in [0, 0.1) is 0 Å². The Morgan fingerprint density at radius 2 is 2.14 bits per heavy atom. The van der Waals surface area contributed by atoms with Crippen LogP contribution in [0.2, 0.25) is 0 Å². The Morgan fingerprint density at radius 1 is 1.41 bits per heavy atom. The van der Waals surface area contributed by atoms with E-state index in [4.69, 9.17) is 0 Å². The lowest BCUT2D eigenvalue weighted by molar-refractivity contribution is -0.124. The predicted octanol–water partition coefficient (Wildman–Crippen LogP) is 1.84. The summed E-state index contributed by atoms with van der Waals surface area (Å²) in [4.78, 5) is 35.7. The van der Waals surface area contributed by atoms with Crippen LogP contribution < -0.4 is 16.0 Å². The van der Waals surface area contributed by atoms with Gasteiger partial charge in [0.25, 0.3) is 5.91 Å². The number of anilines is 1. The Bertz CT molecular complexity index is 595. The van der Waals surface area contributed by atoms with Crippen molar-refractivity contribution in [2.75, 3.05) is 11.9 Å². The molecule has 0 spiro atoms. The van der Waals surface area contributed by atoms with Crippen molar-refractivity contribution in [1.29, 1.82) is 0 Å². The van der Waals surface area contributed by atoms with E-state index >= 15 is 0 Å². The number of carbonyl (C=O) groups is 3. The van der Waals surface area contributed by atoms with Gasteiger partial charge < -0.3 is 16.0 Å². The number of carbonyl (C=O) groups excluding carboxylic acids is 3. The third-order valence-electron chi connectivity index (χ3n) is 3.55. The standard InChI is InChI=1S/C15H21N3O3S/c1-8(2)10-7-22-15(17-9(3)19)12(10)14(21)18-11-5-4-6-16-13(11)20/h7-8,11H,4-6H2,1-3H3,(H,16,20)(H,17,19)(H,18,21). The number of hydrogen-bond donors (Lipinski definition) is 3. The summed E-state index contributed by atoms with van der Waals surface area (Å²) in [7, 11) is 0. The van der Waals surface area contributed by atoms with Crippen LogP contribution in [0.3, 0.4) is 0 Å². The fourth-order valence-corrected chi connectivity index (χ4v) is 3.59. The molecule has 0 bridgehead atoms. The highest BCUT2D eigenvalue weighted by atomic mass is 32.1. The zero-order chi connectivity index (χ0) is 16.3. The van der Waals surface area contributed by atoms with Gasteiger partial charge in [-0.2, -0.15) is 0 Å². The van der Waals surface area contributed by atoms with Crippen molar-refractivity contribution in [1.82, 2.24) is 10.6 Å². The van der Waals surface area contributed by atoms with E-state index in [1.54, 1.807) is 0 Å². The van der Waals surface area contributed by atoms with E-state index in [0.29, 0.717) is 23.5 Å². The maximum Gasteiger partial charge on any atom is 0.255 e. The molecule has 3 N–H and O–H groups in total. The average Bonchev–Trinajstić information content (AvgIpc) is 2.84. The molecular formula is C15H21N3O3S. The van der Waals surface area contributed by atoms with E-state index in [-0.39, 0.29) is 23.6 Å². The molecule has 0 aliphatic carbocycles. The highest BCUT2D eigenvalue weighted by molar-refractivity contribution is 7.15. The van der Waals surface area contributed by atoms with Crippen LogP contribution in [-0.4, -0.2) is 30.3 Å². The minimum atomic E-state index is -0.508. The second kappa shape index (κ2) is 6.91. The molecule has 120 valence electrons. The topological polar surface area (TPSA) is 87.3 Å². The van der Waals surface area contributed by atoms with Gasteiger partial charge in [-0.05, 0) is 29.7 Å². The van der Waals surface area contributed by atoms with Gasteiger partial charge in [0, 0.05) is 13.5 Å². The fourth-order valence-electron chi connectivity index (χ4n) is 2.42. The molecule has 1 saturated heterocycles. The first-order chi connectivity index (χ1) is 10.4. The molecule has 1 aliphatic rings. The normalized spacial score (nSPS) is 18.0. The molecule has 7 heteroatoms. The van der Waals surface area contributed by atoms with Crippen LogP contribution in [0.5, 0.6) is 0 Å². The van der Waals surface area contributed by atoms with Crippen LogP contribution in [0.15, 0.2) is 5.38 Å². The van der Waals surface area contributed by atoms with E-state index in [1.165, 1.54) is 18.3 Å². The second-order valence-corrected chi connectivity index (χ2v) is 6.57. The summed E-state index contributed by atoms with van der Waals surface area (Å²) in [6, 6.07) is -0.508. The third-order valence-corrected chi connectivity index (χ3v) is 4.46. The molecule has 0 aromatic carbocycles. The molecule has 2 heterocycles. The number of amides is 3. The van der Waals surface area contributed by atoms with Crippen molar-refractivity contribution in [2.24, 2.45) is 0 Å². The molecule has 6 nitrogen and oxygen atoms in total. The summed E-state index contributed by atoms with van der Waals surface area (Å²) in [6.45, 7) is 6.04. The van der Waals surface area contributed by atoms with Gasteiger partial charge in [0.2, 0.25) is 11.8 Å². The number of rotatable bonds is 4. The molecule has 0 saturated carbocycles. The maximum atomic E-state index is 12.6. The van der Waals surface area contributed by atoms with Crippen molar-refractivity contribution >= 4 is 34.1 Å². The molecule has 1 aromatic rings. The largest absolute Gasteiger partial charge is 0.354 e. The number of hydrogen-bond acceptors (Lipinski definition) is 4. The van der Waals surface area contributed by atoms with Gasteiger partial charge >= 0.3 is 0 Å². The van der Waals surface area contributed by atoms with Crippen molar-refractivity contribution in [3.8, 4) is 0 Å². The van der Waals surface area contributed by atoms with E-state index < -0.39 is 6.04 Å². The molecule has 3 amide bonds. The summed E-state index contributed by atoms with van der Waals surface area (Å²) < 4.78 is 0. The SMILES string of the molecule is CC(=O)Nc1scc(C(C)C)c1C(=O)NC1CCCNC1=O. The monoisotopic (exact) mass is 323 g/mol. The van der Waals surface area contributed by atoms with Crippen molar-refractivity contribution in [3.63, 3.8) is 0 Å². The molecule has 1 unspecified atom stereocenters. The summed E-state index contributed by atoms with van der Waals surface area (Å²) in [5, 5.41) is 10.6. The first-order valence-electron chi connectivity index (χ1n) is 7.37. The maximum absolute atomic E-state index is 12.6. The minimum Gasteiger partial charge on any atom is -0.354 e. The van der Waals surface area contributed by atoms with Gasteiger partial charge in [-0.3, -0.25) is 14.4 Å². The first kappa shape index (κ1) is 16.5. The lowest BCUT2D eigenvalue weighted by atomic mass is 10.00.